The van der Waals surface area contributed by atoms with E-state index in [4.69, 9.17) is 14.5 Å². The molecule has 0 saturated carbocycles. The molecule has 10 nitrogen and oxygen atoms in total. The van der Waals surface area contributed by atoms with E-state index in [1.807, 2.05) is 72.0 Å². The van der Waals surface area contributed by atoms with Crippen molar-refractivity contribution in [3.8, 4) is 11.5 Å². The normalized spacial score (nSPS) is 18.1. The number of amides is 1. The Morgan fingerprint density at radius 3 is 2.83 bits per heavy atom. The largest absolute Gasteiger partial charge is 0.457 e. The molecule has 2 aromatic carbocycles. The number of imidazole rings is 1. The molecule has 0 radical (unpaired) electrons. The summed E-state index contributed by atoms with van der Waals surface area (Å²) in [6, 6.07) is 15.5. The Bertz CT molecular complexity index is 1900. The van der Waals surface area contributed by atoms with Gasteiger partial charge < -0.3 is 24.3 Å². The van der Waals surface area contributed by atoms with Crippen molar-refractivity contribution in [1.29, 1.82) is 0 Å². The molecule has 1 fully saturated rings. The highest BCUT2D eigenvalue weighted by molar-refractivity contribution is 5.90. The topological polar surface area (TPSA) is 107 Å². The highest BCUT2D eigenvalue weighted by Gasteiger charge is 2.37. The number of rotatable bonds is 6. The van der Waals surface area contributed by atoms with Gasteiger partial charge in [-0.3, -0.25) is 4.79 Å². The zero-order valence-corrected chi connectivity index (χ0v) is 23.3. The highest BCUT2D eigenvalue weighted by Crippen LogP contribution is 2.34. The summed E-state index contributed by atoms with van der Waals surface area (Å²) in [5.41, 5.74) is 7.09. The van der Waals surface area contributed by atoms with Crippen molar-refractivity contribution in [3.63, 3.8) is 0 Å². The molecule has 5 aromatic rings. The third-order valence-electron chi connectivity index (χ3n) is 7.80. The van der Waals surface area contributed by atoms with Crippen LogP contribution in [-0.4, -0.2) is 60.6 Å². The summed E-state index contributed by atoms with van der Waals surface area (Å²) in [6.07, 6.45) is 7.43. The predicted molar refractivity (Wildman–Crippen MR) is 161 cm³/mol. The fourth-order valence-electron chi connectivity index (χ4n) is 5.73. The van der Waals surface area contributed by atoms with Crippen LogP contribution < -0.4 is 10.1 Å². The first-order valence-corrected chi connectivity index (χ1v) is 13.8. The van der Waals surface area contributed by atoms with E-state index >= 15 is 0 Å². The molecule has 0 spiro atoms. The number of carbonyl (C=O) groups is 1. The molecule has 10 heteroatoms. The van der Waals surface area contributed by atoms with Crippen molar-refractivity contribution in [3.05, 3.63) is 91.2 Å². The Morgan fingerprint density at radius 1 is 1.10 bits per heavy atom. The molecule has 42 heavy (non-hydrogen) atoms. The summed E-state index contributed by atoms with van der Waals surface area (Å²) >= 11 is 0. The van der Waals surface area contributed by atoms with Crippen LogP contribution in [-0.2, 0) is 16.6 Å². The number of hydrogen-bond acceptors (Lipinski definition) is 8. The summed E-state index contributed by atoms with van der Waals surface area (Å²) in [7, 11) is 1.97. The number of hydrogen-bond donors (Lipinski definition) is 1. The van der Waals surface area contributed by atoms with Crippen LogP contribution in [0.1, 0.15) is 17.7 Å². The molecular formula is C32H29N7O3. The van der Waals surface area contributed by atoms with Crippen LogP contribution in [0.3, 0.4) is 0 Å². The minimum atomic E-state index is -0.144. The molecule has 7 rings (SSSR count). The number of fused-ring (bicyclic) bond motifs is 4. The highest BCUT2D eigenvalue weighted by atomic mass is 16.5. The van der Waals surface area contributed by atoms with Gasteiger partial charge in [-0.25, -0.2) is 19.9 Å². The Labute approximate surface area is 242 Å². The minimum absolute atomic E-state index is 0.0501. The average molecular weight is 560 g/mol. The second-order valence-electron chi connectivity index (χ2n) is 10.6. The summed E-state index contributed by atoms with van der Waals surface area (Å²) in [5.74, 6) is 2.02. The van der Waals surface area contributed by atoms with Gasteiger partial charge in [-0.15, -0.1) is 0 Å². The average Bonchev–Trinajstić information content (AvgIpc) is 3.37. The lowest BCUT2D eigenvalue weighted by Gasteiger charge is -2.44. The quantitative estimate of drug-likeness (QED) is 0.279. The number of pyridine rings is 1. The molecule has 2 aliphatic heterocycles. The Morgan fingerprint density at radius 2 is 2.00 bits per heavy atom. The zero-order valence-electron chi connectivity index (χ0n) is 23.3. The van der Waals surface area contributed by atoms with Crippen molar-refractivity contribution in [2.45, 2.75) is 25.4 Å². The SMILES string of the molecule is C=CC(=O)N1C2C=C(c3ccc4ncnc(Nc5ccc(Oc6ccc7c(c6)ncn7C)c(C)c5)c4n3)CC1COC2. The number of ether oxygens (including phenoxy) is 2. The number of aryl methyl sites for hydroxylation is 2. The van der Waals surface area contributed by atoms with Crippen molar-refractivity contribution >= 4 is 45.1 Å². The van der Waals surface area contributed by atoms with E-state index in [0.29, 0.717) is 31.0 Å². The monoisotopic (exact) mass is 559 g/mol. The van der Waals surface area contributed by atoms with Crippen molar-refractivity contribution in [1.82, 2.24) is 29.4 Å². The van der Waals surface area contributed by atoms with E-state index in [0.717, 1.165) is 50.6 Å². The number of anilines is 2. The van der Waals surface area contributed by atoms with E-state index in [1.165, 1.54) is 12.4 Å². The first-order valence-electron chi connectivity index (χ1n) is 13.8. The first-order chi connectivity index (χ1) is 20.5. The molecule has 0 aliphatic carbocycles. The Balaban J connectivity index is 1.15. The fourth-order valence-corrected chi connectivity index (χ4v) is 5.73. The molecule has 2 atom stereocenters. The van der Waals surface area contributed by atoms with Crippen LogP contribution in [0.25, 0.3) is 27.6 Å². The summed E-state index contributed by atoms with van der Waals surface area (Å²) < 4.78 is 13.9. The lowest BCUT2D eigenvalue weighted by Crippen LogP contribution is -2.55. The third kappa shape index (κ3) is 4.65. The molecule has 210 valence electrons. The van der Waals surface area contributed by atoms with Gasteiger partial charge in [0.2, 0.25) is 5.91 Å². The zero-order chi connectivity index (χ0) is 28.8. The van der Waals surface area contributed by atoms with Gasteiger partial charge in [0.1, 0.15) is 23.3 Å². The van der Waals surface area contributed by atoms with E-state index in [1.54, 1.807) is 6.33 Å². The van der Waals surface area contributed by atoms with Crippen molar-refractivity contribution in [2.24, 2.45) is 7.05 Å². The van der Waals surface area contributed by atoms with Crippen molar-refractivity contribution < 1.29 is 14.3 Å². The van der Waals surface area contributed by atoms with Gasteiger partial charge in [0.15, 0.2) is 5.82 Å². The van der Waals surface area contributed by atoms with Gasteiger partial charge in [-0.1, -0.05) is 12.7 Å². The van der Waals surface area contributed by atoms with Crippen LogP contribution in [0.15, 0.2) is 79.9 Å². The summed E-state index contributed by atoms with van der Waals surface area (Å²) in [6.45, 7) is 6.62. The third-order valence-corrected chi connectivity index (χ3v) is 7.80. The number of carbonyl (C=O) groups excluding carboxylic acids is 1. The predicted octanol–water partition coefficient (Wildman–Crippen LogP) is 5.32. The van der Waals surface area contributed by atoms with Gasteiger partial charge in [0.25, 0.3) is 0 Å². The van der Waals surface area contributed by atoms with Crippen molar-refractivity contribution in [2.75, 3.05) is 18.5 Å². The first kappa shape index (κ1) is 25.8. The second-order valence-corrected chi connectivity index (χ2v) is 10.6. The Hall–Kier alpha value is -5.09. The van der Waals surface area contributed by atoms with Gasteiger partial charge in [0, 0.05) is 18.8 Å². The summed E-state index contributed by atoms with van der Waals surface area (Å²) in [5, 5.41) is 3.42. The van der Waals surface area contributed by atoms with Crippen LogP contribution in [0.5, 0.6) is 11.5 Å². The molecule has 2 bridgehead atoms. The number of benzene rings is 2. The van der Waals surface area contributed by atoms with E-state index in [-0.39, 0.29) is 18.0 Å². The van der Waals surface area contributed by atoms with Crippen LogP contribution in [0, 0.1) is 6.92 Å². The fraction of sp³-hybridized carbons (Fsp3) is 0.219. The number of nitrogens with zero attached hydrogens (tertiary/aromatic N) is 6. The molecular weight excluding hydrogens is 530 g/mol. The second kappa shape index (κ2) is 10.4. The van der Waals surface area contributed by atoms with E-state index in [2.05, 4.69) is 32.9 Å². The molecule has 1 saturated heterocycles. The maximum Gasteiger partial charge on any atom is 0.246 e. The number of morpholine rings is 1. The molecule has 2 unspecified atom stereocenters. The van der Waals surface area contributed by atoms with E-state index in [9.17, 15) is 4.79 Å². The number of nitrogens with one attached hydrogen (secondary N) is 1. The molecule has 5 heterocycles. The maximum atomic E-state index is 12.5. The van der Waals surface area contributed by atoms with E-state index < -0.39 is 0 Å². The van der Waals surface area contributed by atoms with Gasteiger partial charge in [-0.2, -0.15) is 0 Å². The molecule has 2 aliphatic rings. The van der Waals surface area contributed by atoms with Crippen LogP contribution in [0.2, 0.25) is 0 Å². The molecule has 1 N–H and O–H groups in total. The van der Waals surface area contributed by atoms with Crippen LogP contribution in [0.4, 0.5) is 11.5 Å². The lowest BCUT2D eigenvalue weighted by molar-refractivity contribution is -0.138. The minimum Gasteiger partial charge on any atom is -0.457 e. The number of aromatic nitrogens is 5. The molecule has 3 aromatic heterocycles. The maximum absolute atomic E-state index is 12.5. The van der Waals surface area contributed by atoms with Gasteiger partial charge in [-0.05, 0) is 73.0 Å². The van der Waals surface area contributed by atoms with Gasteiger partial charge in [0.05, 0.1) is 53.9 Å². The molecule has 1 amide bonds. The smallest absolute Gasteiger partial charge is 0.246 e. The lowest BCUT2D eigenvalue weighted by atomic mass is 9.91. The van der Waals surface area contributed by atoms with Crippen LogP contribution >= 0.6 is 0 Å². The summed E-state index contributed by atoms with van der Waals surface area (Å²) in [4.78, 5) is 32.7. The Kier molecular flexibility index (Phi) is 6.39. The van der Waals surface area contributed by atoms with Gasteiger partial charge >= 0.3 is 0 Å². The standard InChI is InChI=1S/C32H29N7O3/c1-4-30(40)39-22-12-20(13-23(39)16-41-15-22)25-7-8-26-31(37-25)32(34-17-33-26)36-21-5-10-29(19(2)11-21)42-24-6-9-28-27(14-24)35-18-38(28)3/h4-12,14,17-18,22-23H,1,13,15-16H2,2-3H3,(H,33,34,36).